The van der Waals surface area contributed by atoms with Gasteiger partial charge in [-0.05, 0) is 44.4 Å². The lowest BCUT2D eigenvalue weighted by molar-refractivity contribution is -0.380. The molecule has 2 unspecified atom stereocenters. The molecule has 20 heteroatoms. The van der Waals surface area contributed by atoms with Crippen LogP contribution in [0.25, 0.3) is 0 Å². The lowest BCUT2D eigenvalue weighted by atomic mass is 9.98. The Morgan fingerprint density at radius 3 is 1.78 bits per heavy atom. The van der Waals surface area contributed by atoms with Gasteiger partial charge in [0.05, 0.1) is 25.4 Å². The fourth-order valence-corrected chi connectivity index (χ4v) is 8.47. The molecule has 0 spiro atoms. The molecular formula is C47H84O20. The number of carbonyl (C=O) groups excluding carboxylic acids is 2. The van der Waals surface area contributed by atoms with Crippen LogP contribution >= 0.6 is 0 Å². The van der Waals surface area contributed by atoms with Crippen LogP contribution in [0.15, 0.2) is 0 Å². The number of carbonyl (C=O) groups is 3. The van der Waals surface area contributed by atoms with Crippen LogP contribution in [0.1, 0.15) is 156 Å². The van der Waals surface area contributed by atoms with Crippen molar-refractivity contribution in [2.75, 3.05) is 19.8 Å². The topological polar surface area (TPSA) is 307 Å². The van der Waals surface area contributed by atoms with Gasteiger partial charge < -0.3 is 83.9 Å². The van der Waals surface area contributed by atoms with Crippen LogP contribution in [-0.2, 0) is 52.3 Å². The fourth-order valence-electron chi connectivity index (χ4n) is 8.47. The van der Waals surface area contributed by atoms with Crippen LogP contribution in [0.2, 0.25) is 0 Å². The van der Waals surface area contributed by atoms with E-state index in [-0.39, 0.29) is 25.0 Å². The van der Waals surface area contributed by atoms with Gasteiger partial charge in [-0.1, -0.05) is 104 Å². The van der Waals surface area contributed by atoms with E-state index in [0.29, 0.717) is 38.5 Å². The largest absolute Gasteiger partial charge is 0.479 e. The highest BCUT2D eigenvalue weighted by molar-refractivity contribution is 5.71. The first-order chi connectivity index (χ1) is 31.9. The van der Waals surface area contributed by atoms with Gasteiger partial charge in [-0.3, -0.25) is 9.59 Å². The van der Waals surface area contributed by atoms with Crippen LogP contribution < -0.4 is 0 Å². The zero-order valence-electron chi connectivity index (χ0n) is 40.1. The summed E-state index contributed by atoms with van der Waals surface area (Å²) >= 11 is 0. The monoisotopic (exact) mass is 969 g/mol. The van der Waals surface area contributed by atoms with Crippen molar-refractivity contribution < 1.29 is 98.2 Å². The number of carboxylic acid groups (broad SMARTS) is 1. The van der Waals surface area contributed by atoms with Gasteiger partial charge in [0.1, 0.15) is 61.5 Å². The quantitative estimate of drug-likeness (QED) is 0.0337. The first-order valence-corrected chi connectivity index (χ1v) is 24.8. The van der Waals surface area contributed by atoms with Gasteiger partial charge in [0.15, 0.2) is 31.1 Å². The molecular weight excluding hydrogens is 884 g/mol. The first-order valence-electron chi connectivity index (χ1n) is 24.8. The SMILES string of the molecule is CCCCC(CCCC(O)CCCCCCCCCCCCC[C@@H](O)C(=O)O)O[C@H]1OC[C@H](O)[C@@H](O)[C@@H]1O[C@H]1OC[C@H](OC(C)=O)[C@@H](O)[C@@H]1O[C@H]1O[C@@H](COC(=O)CC(C)C)[C@H](O)[C@@H](O)[C@@H]1O. The molecule has 0 amide bonds. The summed E-state index contributed by atoms with van der Waals surface area (Å²) in [7, 11) is 0. The number of rotatable bonds is 33. The molecule has 67 heavy (non-hydrogen) atoms. The predicted molar refractivity (Wildman–Crippen MR) is 238 cm³/mol. The van der Waals surface area contributed by atoms with Crippen LogP contribution in [-0.4, -0.2) is 182 Å². The normalized spacial score (nSPS) is 31.6. The van der Waals surface area contributed by atoms with Crippen molar-refractivity contribution in [2.24, 2.45) is 5.92 Å². The van der Waals surface area contributed by atoms with Crippen molar-refractivity contribution in [3.05, 3.63) is 0 Å². The van der Waals surface area contributed by atoms with Crippen molar-refractivity contribution in [3.8, 4) is 0 Å². The summed E-state index contributed by atoms with van der Waals surface area (Å²) in [6.07, 6.45) is -6.07. The van der Waals surface area contributed by atoms with Crippen molar-refractivity contribution >= 4 is 17.9 Å². The molecule has 20 nitrogen and oxygen atoms in total. The van der Waals surface area contributed by atoms with Gasteiger partial charge in [0, 0.05) is 13.3 Å². The Hall–Kier alpha value is -2.15. The zero-order valence-corrected chi connectivity index (χ0v) is 40.1. The first kappa shape index (κ1) is 59.2. The van der Waals surface area contributed by atoms with E-state index < -0.39 is 123 Å². The smallest absolute Gasteiger partial charge is 0.332 e. The third kappa shape index (κ3) is 21.4. The van der Waals surface area contributed by atoms with E-state index in [1.807, 2.05) is 20.8 Å². The summed E-state index contributed by atoms with van der Waals surface area (Å²) in [5.74, 6) is -2.51. The van der Waals surface area contributed by atoms with Crippen LogP contribution in [0, 0.1) is 5.92 Å². The number of carboxylic acids is 1. The van der Waals surface area contributed by atoms with Gasteiger partial charge in [0.25, 0.3) is 0 Å². The number of hydrogen-bond donors (Lipinski definition) is 9. The molecule has 0 aromatic carbocycles. The van der Waals surface area contributed by atoms with Gasteiger partial charge in [0.2, 0.25) is 0 Å². The Morgan fingerprint density at radius 2 is 1.18 bits per heavy atom. The van der Waals surface area contributed by atoms with Crippen LogP contribution in [0.3, 0.4) is 0 Å². The predicted octanol–water partition coefficient (Wildman–Crippen LogP) is 2.50. The molecule has 3 fully saturated rings. The molecule has 0 aromatic heterocycles. The summed E-state index contributed by atoms with van der Waals surface area (Å²) in [6, 6.07) is 0. The van der Waals surface area contributed by atoms with E-state index in [9.17, 15) is 55.2 Å². The second-order valence-corrected chi connectivity index (χ2v) is 18.9. The molecule has 0 radical (unpaired) electrons. The number of hydrogen-bond acceptors (Lipinski definition) is 19. The van der Waals surface area contributed by atoms with Gasteiger partial charge in [-0.2, -0.15) is 0 Å². The molecule has 3 rings (SSSR count). The second-order valence-electron chi connectivity index (χ2n) is 18.9. The summed E-state index contributed by atoms with van der Waals surface area (Å²) in [5.41, 5.74) is 0. The molecule has 392 valence electrons. The maximum absolute atomic E-state index is 12.3. The molecule has 3 heterocycles. The van der Waals surface area contributed by atoms with E-state index in [1.165, 1.54) is 0 Å². The van der Waals surface area contributed by atoms with Crippen LogP contribution in [0.5, 0.6) is 0 Å². The summed E-state index contributed by atoms with van der Waals surface area (Å²) < 4.78 is 46.6. The number of aliphatic carboxylic acids is 1. The highest BCUT2D eigenvalue weighted by Gasteiger charge is 2.52. The number of aliphatic hydroxyl groups is 8. The standard InChI is InChI=1S/C47H84O20/c1-5-6-21-31(22-18-20-30(49)19-16-14-12-10-8-7-9-11-13-15-17-23-32(50)44(58)59)64-46-42(37(53)33(51)25-61-46)67-47-43(39(55)35(27-62-47)63-29(4)48)66-45-41(57)40(56)38(54)34(65-45)26-60-36(52)24-28(2)3/h28,30-35,37-43,45-47,49-51,53-57H,5-27H2,1-4H3,(H,58,59)/t30?,31?,32-,33+,34+,35+,37-,38+,39-,40-,41+,42+,43+,45-,46-,47-/m1/s1. The molecule has 0 bridgehead atoms. The van der Waals surface area contributed by atoms with E-state index >= 15 is 0 Å². The Morgan fingerprint density at radius 1 is 0.627 bits per heavy atom. The van der Waals surface area contributed by atoms with Crippen molar-refractivity contribution in [2.45, 2.75) is 254 Å². The second kappa shape index (κ2) is 31.9. The average Bonchev–Trinajstić information content (AvgIpc) is 3.27. The minimum absolute atomic E-state index is 0.0187. The summed E-state index contributed by atoms with van der Waals surface area (Å²) in [4.78, 5) is 34.9. The molecule has 0 saturated carbocycles. The van der Waals surface area contributed by atoms with Crippen LogP contribution in [0.4, 0.5) is 0 Å². The number of ether oxygens (including phenoxy) is 8. The maximum atomic E-state index is 12.3. The molecule has 3 aliphatic heterocycles. The van der Waals surface area contributed by atoms with E-state index in [2.05, 4.69) is 0 Å². The third-order valence-corrected chi connectivity index (χ3v) is 12.5. The number of esters is 2. The minimum Gasteiger partial charge on any atom is -0.479 e. The van der Waals surface area contributed by atoms with Gasteiger partial charge in [-0.15, -0.1) is 0 Å². The highest BCUT2D eigenvalue weighted by atomic mass is 16.8. The lowest BCUT2D eigenvalue weighted by Crippen LogP contribution is -2.65. The summed E-state index contributed by atoms with van der Waals surface area (Å²) in [5, 5.41) is 94.6. The van der Waals surface area contributed by atoms with Crippen molar-refractivity contribution in [1.82, 2.24) is 0 Å². The van der Waals surface area contributed by atoms with Crippen molar-refractivity contribution in [3.63, 3.8) is 0 Å². The molecule has 0 aromatic rings. The Bertz CT molecular complexity index is 1370. The van der Waals surface area contributed by atoms with E-state index in [4.69, 9.17) is 43.0 Å². The Balaban J connectivity index is 1.55. The maximum Gasteiger partial charge on any atom is 0.332 e. The fraction of sp³-hybridized carbons (Fsp3) is 0.936. The molecule has 16 atom stereocenters. The van der Waals surface area contributed by atoms with Gasteiger partial charge >= 0.3 is 17.9 Å². The number of unbranched alkanes of at least 4 members (excludes halogenated alkanes) is 11. The Labute approximate surface area is 395 Å². The molecule has 0 aliphatic carbocycles. The minimum atomic E-state index is -1.90. The molecule has 3 saturated heterocycles. The lowest BCUT2D eigenvalue weighted by Gasteiger charge is -2.46. The van der Waals surface area contributed by atoms with Crippen molar-refractivity contribution in [1.29, 1.82) is 0 Å². The molecule has 9 N–H and O–H groups in total. The Kier molecular flexibility index (Phi) is 28.2. The van der Waals surface area contributed by atoms with E-state index in [1.54, 1.807) is 0 Å². The zero-order chi connectivity index (χ0) is 49.5. The number of aliphatic hydroxyl groups excluding tert-OH is 8. The third-order valence-electron chi connectivity index (χ3n) is 12.5. The highest BCUT2D eigenvalue weighted by Crippen LogP contribution is 2.33. The van der Waals surface area contributed by atoms with Gasteiger partial charge in [-0.25, -0.2) is 4.79 Å². The molecule has 3 aliphatic rings. The summed E-state index contributed by atoms with van der Waals surface area (Å²) in [6.45, 7) is 5.60. The van der Waals surface area contributed by atoms with E-state index in [0.717, 1.165) is 90.4 Å². The average molecular weight is 969 g/mol.